The van der Waals surface area contributed by atoms with E-state index < -0.39 is 0 Å². The molecule has 1 amide bonds. The van der Waals surface area contributed by atoms with Gasteiger partial charge in [0.2, 0.25) is 0 Å². The fourth-order valence-corrected chi connectivity index (χ4v) is 4.17. The molecule has 0 aliphatic carbocycles. The Balaban J connectivity index is 1.58. The maximum atomic E-state index is 13.0. The Kier molecular flexibility index (Phi) is 5.26. The summed E-state index contributed by atoms with van der Waals surface area (Å²) < 4.78 is 1.90. The van der Waals surface area contributed by atoms with Crippen molar-refractivity contribution in [2.24, 2.45) is 0 Å². The van der Waals surface area contributed by atoms with Crippen molar-refractivity contribution in [3.63, 3.8) is 0 Å². The monoisotopic (exact) mass is 382 g/mol. The zero-order valence-electron chi connectivity index (χ0n) is 15.1. The van der Waals surface area contributed by atoms with Gasteiger partial charge in [-0.05, 0) is 38.4 Å². The summed E-state index contributed by atoms with van der Waals surface area (Å²) in [6.07, 6.45) is 3.74. The molecule has 7 nitrogen and oxygen atoms in total. The predicted molar refractivity (Wildman–Crippen MR) is 104 cm³/mol. The van der Waals surface area contributed by atoms with Crippen LogP contribution in [0.15, 0.2) is 41.9 Å². The predicted octanol–water partition coefficient (Wildman–Crippen LogP) is 2.49. The van der Waals surface area contributed by atoms with Crippen LogP contribution >= 0.6 is 11.3 Å². The third-order valence-corrected chi connectivity index (χ3v) is 5.74. The van der Waals surface area contributed by atoms with Crippen LogP contribution in [0.25, 0.3) is 0 Å². The topological polar surface area (TPSA) is 84.7 Å². The molecule has 3 aromatic rings. The Labute approximate surface area is 161 Å². The maximum absolute atomic E-state index is 13.0. The van der Waals surface area contributed by atoms with Gasteiger partial charge in [0.1, 0.15) is 11.0 Å². The summed E-state index contributed by atoms with van der Waals surface area (Å²) in [6.45, 7) is 3.84. The van der Waals surface area contributed by atoms with Crippen LogP contribution < -0.4 is 10.6 Å². The van der Waals surface area contributed by atoms with Crippen molar-refractivity contribution in [2.75, 3.05) is 13.1 Å². The summed E-state index contributed by atoms with van der Waals surface area (Å²) in [5.41, 5.74) is 2.18. The second kappa shape index (κ2) is 7.98. The largest absolute Gasteiger partial charge is 0.337 e. The van der Waals surface area contributed by atoms with E-state index in [4.69, 9.17) is 0 Å². The maximum Gasteiger partial charge on any atom is 0.274 e. The van der Waals surface area contributed by atoms with Gasteiger partial charge in [0.05, 0.1) is 11.7 Å². The van der Waals surface area contributed by atoms with Gasteiger partial charge in [-0.3, -0.25) is 4.79 Å². The molecule has 1 fully saturated rings. The number of rotatable bonds is 5. The van der Waals surface area contributed by atoms with Gasteiger partial charge in [0, 0.05) is 11.6 Å². The number of benzene rings is 1. The molecule has 0 bridgehead atoms. The lowest BCUT2D eigenvalue weighted by Gasteiger charge is -2.23. The van der Waals surface area contributed by atoms with Crippen LogP contribution in [-0.2, 0) is 0 Å². The number of amides is 1. The van der Waals surface area contributed by atoms with Gasteiger partial charge in [-0.1, -0.05) is 35.5 Å². The summed E-state index contributed by atoms with van der Waals surface area (Å²) in [5.74, 6) is -0.225. The van der Waals surface area contributed by atoms with E-state index in [0.29, 0.717) is 11.7 Å². The molecule has 140 valence electrons. The smallest absolute Gasteiger partial charge is 0.274 e. The highest BCUT2D eigenvalue weighted by molar-refractivity contribution is 7.09. The number of hydrogen-bond donors (Lipinski definition) is 2. The van der Waals surface area contributed by atoms with Crippen LogP contribution in [-0.4, -0.2) is 39.0 Å². The number of hydrogen-bond acceptors (Lipinski definition) is 6. The highest BCUT2D eigenvalue weighted by Crippen LogP contribution is 2.25. The molecular formula is C19H22N6OS. The molecule has 0 radical (unpaired) electrons. The molecule has 0 spiro atoms. The van der Waals surface area contributed by atoms with Crippen LogP contribution in [0.5, 0.6) is 0 Å². The van der Waals surface area contributed by atoms with Crippen molar-refractivity contribution in [2.45, 2.75) is 31.8 Å². The molecule has 1 aliphatic heterocycles. The van der Waals surface area contributed by atoms with Crippen LogP contribution in [0, 0.1) is 6.92 Å². The number of carbonyl (C=O) groups excluding carboxylic acids is 1. The van der Waals surface area contributed by atoms with E-state index in [9.17, 15) is 4.79 Å². The minimum Gasteiger partial charge on any atom is -0.337 e. The van der Waals surface area contributed by atoms with E-state index in [1.54, 1.807) is 6.20 Å². The van der Waals surface area contributed by atoms with E-state index in [-0.39, 0.29) is 11.9 Å². The van der Waals surface area contributed by atoms with Gasteiger partial charge < -0.3 is 10.6 Å². The first-order valence-corrected chi connectivity index (χ1v) is 9.99. The Bertz CT molecular complexity index is 886. The third kappa shape index (κ3) is 3.77. The number of nitrogens with zero attached hydrogens (tertiary/aromatic N) is 4. The first-order valence-electron chi connectivity index (χ1n) is 9.11. The summed E-state index contributed by atoms with van der Waals surface area (Å²) >= 11 is 1.52. The highest BCUT2D eigenvalue weighted by Gasteiger charge is 2.26. The molecule has 1 aliphatic rings. The van der Waals surface area contributed by atoms with Crippen LogP contribution in [0.3, 0.4) is 0 Å². The molecule has 1 atom stereocenters. The Morgan fingerprint density at radius 2 is 2.07 bits per heavy atom. The zero-order valence-corrected chi connectivity index (χ0v) is 15.9. The number of aromatic nitrogens is 4. The average Bonchev–Trinajstić information content (AvgIpc) is 3.37. The van der Waals surface area contributed by atoms with Gasteiger partial charge in [0.15, 0.2) is 5.69 Å². The molecule has 8 heteroatoms. The molecule has 4 rings (SSSR count). The van der Waals surface area contributed by atoms with Crippen molar-refractivity contribution < 1.29 is 4.79 Å². The lowest BCUT2D eigenvalue weighted by atomic mass is 10.1. The zero-order chi connectivity index (χ0) is 18.6. The van der Waals surface area contributed by atoms with Gasteiger partial charge >= 0.3 is 0 Å². The quantitative estimate of drug-likeness (QED) is 0.708. The molecule has 1 unspecified atom stereocenters. The minimum atomic E-state index is -0.304. The Morgan fingerprint density at radius 1 is 1.30 bits per heavy atom. The van der Waals surface area contributed by atoms with Gasteiger partial charge in [-0.2, -0.15) is 0 Å². The first-order chi connectivity index (χ1) is 13.2. The Morgan fingerprint density at radius 3 is 2.78 bits per heavy atom. The van der Waals surface area contributed by atoms with Crippen LogP contribution in [0.1, 0.15) is 51.7 Å². The Hall–Kier alpha value is -2.58. The second-order valence-corrected chi connectivity index (χ2v) is 7.56. The highest BCUT2D eigenvalue weighted by atomic mass is 32.1. The number of carbonyl (C=O) groups is 1. The molecular weight excluding hydrogens is 360 g/mol. The second-order valence-electron chi connectivity index (χ2n) is 6.64. The van der Waals surface area contributed by atoms with E-state index in [1.165, 1.54) is 11.3 Å². The standard InChI is InChI=1S/C19H22N6OS/c1-13-16(23-24-25(13)15-7-9-20-10-8-15)18(26)22-17(19-21-11-12-27-19)14-5-3-2-4-6-14/h2-6,11-12,15,17,20H,7-10H2,1H3,(H,22,26). The van der Waals surface area contributed by atoms with Crippen molar-refractivity contribution in [3.05, 3.63) is 63.9 Å². The minimum absolute atomic E-state index is 0.225. The van der Waals surface area contributed by atoms with Crippen molar-refractivity contribution in [3.8, 4) is 0 Å². The summed E-state index contributed by atoms with van der Waals surface area (Å²) in [5, 5.41) is 17.6. The number of thiazole rings is 1. The lowest BCUT2D eigenvalue weighted by Crippen LogP contribution is -2.31. The van der Waals surface area contributed by atoms with Crippen molar-refractivity contribution in [1.82, 2.24) is 30.6 Å². The fraction of sp³-hybridized carbons (Fsp3) is 0.368. The summed E-state index contributed by atoms with van der Waals surface area (Å²) in [7, 11) is 0. The first kappa shape index (κ1) is 17.8. The molecule has 2 aromatic heterocycles. The lowest BCUT2D eigenvalue weighted by molar-refractivity contribution is 0.0937. The number of piperidine rings is 1. The van der Waals surface area contributed by atoms with Gasteiger partial charge in [0.25, 0.3) is 5.91 Å². The van der Waals surface area contributed by atoms with Crippen molar-refractivity contribution in [1.29, 1.82) is 0 Å². The van der Waals surface area contributed by atoms with Crippen molar-refractivity contribution >= 4 is 17.2 Å². The molecule has 3 heterocycles. The van der Waals surface area contributed by atoms with E-state index in [1.807, 2.05) is 47.3 Å². The average molecular weight is 382 g/mol. The molecule has 1 saturated heterocycles. The van der Waals surface area contributed by atoms with Gasteiger partial charge in [-0.15, -0.1) is 16.4 Å². The molecule has 2 N–H and O–H groups in total. The third-order valence-electron chi connectivity index (χ3n) is 4.90. The fourth-order valence-electron chi connectivity index (χ4n) is 3.46. The normalized spacial score (nSPS) is 16.2. The number of nitrogens with one attached hydrogen (secondary N) is 2. The van der Waals surface area contributed by atoms with E-state index in [0.717, 1.165) is 42.2 Å². The van der Waals surface area contributed by atoms with Gasteiger partial charge in [-0.25, -0.2) is 9.67 Å². The molecule has 1 aromatic carbocycles. The van der Waals surface area contributed by atoms with Crippen LogP contribution in [0.4, 0.5) is 0 Å². The van der Waals surface area contributed by atoms with Crippen LogP contribution in [0.2, 0.25) is 0 Å². The summed E-state index contributed by atoms with van der Waals surface area (Å²) in [6, 6.07) is 9.85. The van der Waals surface area contributed by atoms with E-state index >= 15 is 0 Å². The SMILES string of the molecule is Cc1c(C(=O)NC(c2ccccc2)c2nccs2)nnn1C1CCNCC1. The van der Waals surface area contributed by atoms with E-state index in [2.05, 4.69) is 25.9 Å². The molecule has 0 saturated carbocycles. The summed E-state index contributed by atoms with van der Waals surface area (Å²) in [4.78, 5) is 17.4. The molecule has 27 heavy (non-hydrogen) atoms.